The minimum atomic E-state index is -0.318. The molecule has 2 aromatic carbocycles. The van der Waals surface area contributed by atoms with Crippen LogP contribution in [0.25, 0.3) is 0 Å². The van der Waals surface area contributed by atoms with Gasteiger partial charge in [-0.1, -0.05) is 30.3 Å². The number of carbonyl (C=O) groups is 1. The Balaban J connectivity index is 1.68. The second kappa shape index (κ2) is 7.28. The van der Waals surface area contributed by atoms with Crippen LogP contribution in [0.2, 0.25) is 0 Å². The van der Waals surface area contributed by atoms with Crippen molar-refractivity contribution >= 4 is 11.6 Å². The van der Waals surface area contributed by atoms with E-state index in [2.05, 4.69) is 10.6 Å². The number of nitrogens with one attached hydrogen (secondary N) is 2. The van der Waals surface area contributed by atoms with Gasteiger partial charge >= 0.3 is 0 Å². The fourth-order valence-corrected chi connectivity index (χ4v) is 1.86. The molecule has 0 spiro atoms. The second-order valence-corrected chi connectivity index (χ2v) is 4.45. The van der Waals surface area contributed by atoms with E-state index in [1.54, 1.807) is 12.1 Å². The smallest absolute Gasteiger partial charge is 0.224 e. The van der Waals surface area contributed by atoms with E-state index in [4.69, 9.17) is 0 Å². The molecule has 1 amide bonds. The lowest BCUT2D eigenvalue weighted by atomic mass is 10.1. The van der Waals surface area contributed by atoms with Crippen LogP contribution in [0.4, 0.5) is 10.1 Å². The highest BCUT2D eigenvalue weighted by atomic mass is 19.1. The molecule has 0 unspecified atom stereocenters. The van der Waals surface area contributed by atoms with E-state index in [0.29, 0.717) is 18.7 Å². The van der Waals surface area contributed by atoms with Gasteiger partial charge in [-0.2, -0.15) is 0 Å². The molecule has 2 rings (SSSR count). The molecule has 0 radical (unpaired) electrons. The summed E-state index contributed by atoms with van der Waals surface area (Å²) in [5.74, 6) is -0.425. The zero-order valence-corrected chi connectivity index (χ0v) is 11.1. The second-order valence-electron chi connectivity index (χ2n) is 4.45. The highest BCUT2D eigenvalue weighted by Crippen LogP contribution is 2.04. The van der Waals surface area contributed by atoms with E-state index in [9.17, 15) is 9.18 Å². The van der Waals surface area contributed by atoms with E-state index in [1.165, 1.54) is 12.1 Å². The lowest BCUT2D eigenvalue weighted by molar-refractivity contribution is -0.120. The van der Waals surface area contributed by atoms with E-state index < -0.39 is 0 Å². The minimum absolute atomic E-state index is 0.106. The summed E-state index contributed by atoms with van der Waals surface area (Å²) in [6.45, 7) is 1.18. The first-order chi connectivity index (χ1) is 9.74. The lowest BCUT2D eigenvalue weighted by Crippen LogP contribution is -2.30. The maximum Gasteiger partial charge on any atom is 0.224 e. The Kier molecular flexibility index (Phi) is 5.12. The van der Waals surface area contributed by atoms with Gasteiger partial charge in [0.05, 0.1) is 6.42 Å². The van der Waals surface area contributed by atoms with Crippen molar-refractivity contribution in [2.24, 2.45) is 0 Å². The van der Waals surface area contributed by atoms with E-state index in [0.717, 1.165) is 5.69 Å². The van der Waals surface area contributed by atoms with Crippen molar-refractivity contribution < 1.29 is 9.18 Å². The Hall–Kier alpha value is -2.36. The average Bonchev–Trinajstić information content (AvgIpc) is 2.45. The normalized spacial score (nSPS) is 10.1. The van der Waals surface area contributed by atoms with E-state index >= 15 is 0 Å². The van der Waals surface area contributed by atoms with Gasteiger partial charge in [0.15, 0.2) is 0 Å². The van der Waals surface area contributed by atoms with Crippen LogP contribution in [0.3, 0.4) is 0 Å². The standard InChI is InChI=1S/C16H17FN2O/c17-14-6-4-5-13(11-14)12-16(20)19-10-9-18-15-7-2-1-3-8-15/h1-8,11,18H,9-10,12H2,(H,19,20). The van der Waals surface area contributed by atoms with Gasteiger partial charge in [0.2, 0.25) is 5.91 Å². The number of benzene rings is 2. The van der Waals surface area contributed by atoms with Gasteiger partial charge < -0.3 is 10.6 Å². The fraction of sp³-hybridized carbons (Fsp3) is 0.188. The Labute approximate surface area is 117 Å². The molecule has 4 heteroatoms. The van der Waals surface area contributed by atoms with Crippen molar-refractivity contribution in [1.82, 2.24) is 5.32 Å². The number of amides is 1. The predicted molar refractivity (Wildman–Crippen MR) is 78.0 cm³/mol. The first-order valence-electron chi connectivity index (χ1n) is 6.54. The number of carbonyl (C=O) groups excluding carboxylic acids is 1. The van der Waals surface area contributed by atoms with Crippen LogP contribution in [0.15, 0.2) is 54.6 Å². The summed E-state index contributed by atoms with van der Waals surface area (Å²) in [6, 6.07) is 15.9. The third-order valence-electron chi connectivity index (χ3n) is 2.80. The zero-order chi connectivity index (χ0) is 14.2. The van der Waals surface area contributed by atoms with Gasteiger partial charge in [-0.25, -0.2) is 4.39 Å². The van der Waals surface area contributed by atoms with Crippen LogP contribution in [0.5, 0.6) is 0 Å². The Morgan fingerprint density at radius 3 is 2.55 bits per heavy atom. The monoisotopic (exact) mass is 272 g/mol. The Morgan fingerprint density at radius 2 is 1.80 bits per heavy atom. The first kappa shape index (κ1) is 14.1. The molecule has 2 N–H and O–H groups in total. The lowest BCUT2D eigenvalue weighted by Gasteiger charge is -2.08. The fourth-order valence-electron chi connectivity index (χ4n) is 1.86. The summed E-state index contributed by atoms with van der Waals surface area (Å²) < 4.78 is 13.0. The van der Waals surface area contributed by atoms with Gasteiger partial charge in [0.25, 0.3) is 0 Å². The molecule has 104 valence electrons. The average molecular weight is 272 g/mol. The molecular weight excluding hydrogens is 255 g/mol. The number of rotatable bonds is 6. The summed E-state index contributed by atoms with van der Waals surface area (Å²) in [5, 5.41) is 6.00. The quantitative estimate of drug-likeness (QED) is 0.794. The van der Waals surface area contributed by atoms with Crippen molar-refractivity contribution in [2.75, 3.05) is 18.4 Å². The van der Waals surface area contributed by atoms with Crippen LogP contribution in [-0.4, -0.2) is 19.0 Å². The topological polar surface area (TPSA) is 41.1 Å². The minimum Gasteiger partial charge on any atom is -0.383 e. The summed E-state index contributed by atoms with van der Waals surface area (Å²) in [7, 11) is 0. The summed E-state index contributed by atoms with van der Waals surface area (Å²) in [4.78, 5) is 11.7. The van der Waals surface area contributed by atoms with Crippen molar-refractivity contribution in [2.45, 2.75) is 6.42 Å². The summed E-state index contributed by atoms with van der Waals surface area (Å²) >= 11 is 0. The summed E-state index contributed by atoms with van der Waals surface area (Å²) in [5.41, 5.74) is 1.70. The van der Waals surface area contributed by atoms with Gasteiger partial charge in [0.1, 0.15) is 5.82 Å². The molecule has 0 aliphatic carbocycles. The van der Waals surface area contributed by atoms with Crippen molar-refractivity contribution in [1.29, 1.82) is 0 Å². The SMILES string of the molecule is O=C(Cc1cccc(F)c1)NCCNc1ccccc1. The highest BCUT2D eigenvalue weighted by molar-refractivity contribution is 5.78. The third-order valence-corrected chi connectivity index (χ3v) is 2.80. The van der Waals surface area contributed by atoms with Crippen molar-refractivity contribution in [3.8, 4) is 0 Å². The van der Waals surface area contributed by atoms with Gasteiger partial charge in [-0.05, 0) is 29.8 Å². The summed E-state index contributed by atoms with van der Waals surface area (Å²) in [6.07, 6.45) is 0.198. The van der Waals surface area contributed by atoms with Crippen LogP contribution >= 0.6 is 0 Å². The van der Waals surface area contributed by atoms with E-state index in [-0.39, 0.29) is 18.1 Å². The molecule has 0 heterocycles. The largest absolute Gasteiger partial charge is 0.383 e. The molecule has 0 saturated carbocycles. The zero-order valence-electron chi connectivity index (χ0n) is 11.1. The number of hydrogen-bond acceptors (Lipinski definition) is 2. The maximum atomic E-state index is 13.0. The third kappa shape index (κ3) is 4.72. The number of halogens is 1. The molecule has 0 atom stereocenters. The molecule has 0 aliphatic heterocycles. The molecule has 0 fully saturated rings. The van der Waals surface area contributed by atoms with Gasteiger partial charge in [-0.15, -0.1) is 0 Å². The van der Waals surface area contributed by atoms with Crippen molar-refractivity contribution in [3.63, 3.8) is 0 Å². The molecule has 0 aromatic heterocycles. The molecule has 0 saturated heterocycles. The van der Waals surface area contributed by atoms with Gasteiger partial charge in [0, 0.05) is 18.8 Å². The molecule has 0 bridgehead atoms. The van der Waals surface area contributed by atoms with Crippen LogP contribution in [0.1, 0.15) is 5.56 Å². The van der Waals surface area contributed by atoms with Crippen molar-refractivity contribution in [3.05, 3.63) is 66.0 Å². The highest BCUT2D eigenvalue weighted by Gasteiger charge is 2.03. The molecular formula is C16H17FN2O. The van der Waals surface area contributed by atoms with Crippen LogP contribution in [0, 0.1) is 5.82 Å². The van der Waals surface area contributed by atoms with Gasteiger partial charge in [-0.3, -0.25) is 4.79 Å². The predicted octanol–water partition coefficient (Wildman–Crippen LogP) is 2.60. The molecule has 2 aromatic rings. The molecule has 3 nitrogen and oxygen atoms in total. The Bertz CT molecular complexity index is 557. The first-order valence-corrected chi connectivity index (χ1v) is 6.54. The van der Waals surface area contributed by atoms with Crippen LogP contribution in [-0.2, 0) is 11.2 Å². The molecule has 0 aliphatic rings. The van der Waals surface area contributed by atoms with Crippen LogP contribution < -0.4 is 10.6 Å². The molecule has 20 heavy (non-hydrogen) atoms. The number of hydrogen-bond donors (Lipinski definition) is 2. The maximum absolute atomic E-state index is 13.0. The number of anilines is 1. The van der Waals surface area contributed by atoms with E-state index in [1.807, 2.05) is 30.3 Å². The number of para-hydroxylation sites is 1. The Morgan fingerprint density at radius 1 is 1.00 bits per heavy atom.